The SMILES string of the molecule is NCc1cc(C(=O)NCc2ccccc2OC2CCCC2)co1. The van der Waals surface area contributed by atoms with Crippen LogP contribution < -0.4 is 15.8 Å². The zero-order valence-corrected chi connectivity index (χ0v) is 13.1. The molecule has 0 atom stereocenters. The molecule has 0 spiro atoms. The van der Waals surface area contributed by atoms with E-state index >= 15 is 0 Å². The number of amides is 1. The van der Waals surface area contributed by atoms with Crippen LogP contribution in [-0.2, 0) is 13.1 Å². The van der Waals surface area contributed by atoms with Gasteiger partial charge in [-0.05, 0) is 37.8 Å². The number of hydrogen-bond donors (Lipinski definition) is 2. The van der Waals surface area contributed by atoms with Gasteiger partial charge in [-0.2, -0.15) is 0 Å². The molecular formula is C18H22N2O3. The lowest BCUT2D eigenvalue weighted by Gasteiger charge is -2.16. The highest BCUT2D eigenvalue weighted by Crippen LogP contribution is 2.26. The molecule has 3 N–H and O–H groups in total. The van der Waals surface area contributed by atoms with Crippen molar-refractivity contribution in [1.29, 1.82) is 0 Å². The summed E-state index contributed by atoms with van der Waals surface area (Å²) in [5.41, 5.74) is 6.95. The van der Waals surface area contributed by atoms with Crippen LogP contribution in [0.4, 0.5) is 0 Å². The maximum Gasteiger partial charge on any atom is 0.254 e. The normalized spacial score (nSPS) is 14.8. The van der Waals surface area contributed by atoms with Crippen molar-refractivity contribution in [3.63, 3.8) is 0 Å². The summed E-state index contributed by atoms with van der Waals surface area (Å²) in [5, 5.41) is 2.90. The molecule has 0 saturated heterocycles. The second kappa shape index (κ2) is 7.33. The number of carbonyl (C=O) groups excluding carboxylic acids is 1. The fourth-order valence-corrected chi connectivity index (χ4v) is 2.83. The predicted molar refractivity (Wildman–Crippen MR) is 87.1 cm³/mol. The van der Waals surface area contributed by atoms with Crippen LogP contribution in [0.3, 0.4) is 0 Å². The van der Waals surface area contributed by atoms with Crippen molar-refractivity contribution in [2.45, 2.75) is 44.9 Å². The van der Waals surface area contributed by atoms with Crippen LogP contribution in [0.2, 0.25) is 0 Å². The zero-order chi connectivity index (χ0) is 16.1. The summed E-state index contributed by atoms with van der Waals surface area (Å²) in [5.74, 6) is 1.28. The molecule has 1 aliphatic carbocycles. The van der Waals surface area contributed by atoms with Gasteiger partial charge in [0.25, 0.3) is 5.91 Å². The predicted octanol–water partition coefficient (Wildman–Crippen LogP) is 2.99. The molecule has 2 aromatic rings. The smallest absolute Gasteiger partial charge is 0.254 e. The fourth-order valence-electron chi connectivity index (χ4n) is 2.83. The Bertz CT molecular complexity index is 660. The van der Waals surface area contributed by atoms with Crippen LogP contribution in [0.15, 0.2) is 41.0 Å². The highest BCUT2D eigenvalue weighted by atomic mass is 16.5. The maximum atomic E-state index is 12.2. The Morgan fingerprint density at radius 1 is 1.30 bits per heavy atom. The van der Waals surface area contributed by atoms with Crippen molar-refractivity contribution in [3.05, 3.63) is 53.5 Å². The highest BCUT2D eigenvalue weighted by Gasteiger charge is 2.18. The van der Waals surface area contributed by atoms with Crippen molar-refractivity contribution < 1.29 is 13.9 Å². The van der Waals surface area contributed by atoms with E-state index in [1.165, 1.54) is 19.1 Å². The third-order valence-corrected chi connectivity index (χ3v) is 4.12. The average Bonchev–Trinajstić information content (AvgIpc) is 3.25. The lowest BCUT2D eigenvalue weighted by atomic mass is 10.2. The van der Waals surface area contributed by atoms with Crippen molar-refractivity contribution in [1.82, 2.24) is 5.32 Å². The highest BCUT2D eigenvalue weighted by molar-refractivity contribution is 5.93. The average molecular weight is 314 g/mol. The Kier molecular flexibility index (Phi) is 4.98. The van der Waals surface area contributed by atoms with E-state index in [2.05, 4.69) is 5.32 Å². The van der Waals surface area contributed by atoms with Crippen LogP contribution >= 0.6 is 0 Å². The zero-order valence-electron chi connectivity index (χ0n) is 13.1. The number of rotatable bonds is 6. The minimum atomic E-state index is -0.177. The molecule has 122 valence electrons. The lowest BCUT2D eigenvalue weighted by Crippen LogP contribution is -2.23. The summed E-state index contributed by atoms with van der Waals surface area (Å²) < 4.78 is 11.3. The molecule has 5 heteroatoms. The third-order valence-electron chi connectivity index (χ3n) is 4.12. The summed E-state index contributed by atoms with van der Waals surface area (Å²) in [4.78, 5) is 12.2. The Labute approximate surface area is 135 Å². The Hall–Kier alpha value is -2.27. The first-order valence-corrected chi connectivity index (χ1v) is 8.06. The van der Waals surface area contributed by atoms with E-state index in [-0.39, 0.29) is 12.5 Å². The van der Waals surface area contributed by atoms with E-state index in [4.69, 9.17) is 14.9 Å². The second-order valence-electron chi connectivity index (χ2n) is 5.82. The van der Waals surface area contributed by atoms with Gasteiger partial charge in [-0.15, -0.1) is 0 Å². The number of ether oxygens (including phenoxy) is 1. The van der Waals surface area contributed by atoms with E-state index < -0.39 is 0 Å². The molecule has 1 fully saturated rings. The summed E-state index contributed by atoms with van der Waals surface area (Å²) >= 11 is 0. The van der Waals surface area contributed by atoms with E-state index in [1.807, 2.05) is 24.3 Å². The molecule has 5 nitrogen and oxygen atoms in total. The first kappa shape index (κ1) is 15.6. The molecule has 0 aliphatic heterocycles. The van der Waals surface area contributed by atoms with E-state index in [1.54, 1.807) is 6.07 Å². The Balaban J connectivity index is 1.62. The summed E-state index contributed by atoms with van der Waals surface area (Å²) in [6.45, 7) is 0.705. The molecule has 1 heterocycles. The summed E-state index contributed by atoms with van der Waals surface area (Å²) in [6.07, 6.45) is 6.40. The lowest BCUT2D eigenvalue weighted by molar-refractivity contribution is 0.0949. The van der Waals surface area contributed by atoms with Crippen molar-refractivity contribution in [2.24, 2.45) is 5.73 Å². The molecule has 1 amide bonds. The van der Waals surface area contributed by atoms with Gasteiger partial charge in [-0.3, -0.25) is 4.79 Å². The van der Waals surface area contributed by atoms with Crippen molar-refractivity contribution in [2.75, 3.05) is 0 Å². The number of hydrogen-bond acceptors (Lipinski definition) is 4. The van der Waals surface area contributed by atoms with Gasteiger partial charge in [0.15, 0.2) is 0 Å². The number of para-hydroxylation sites is 1. The molecule has 1 aromatic carbocycles. The van der Waals surface area contributed by atoms with Gasteiger partial charge in [0, 0.05) is 12.1 Å². The number of carbonyl (C=O) groups is 1. The van der Waals surface area contributed by atoms with Gasteiger partial charge in [-0.1, -0.05) is 18.2 Å². The standard InChI is InChI=1S/C18H22N2O3/c19-10-16-9-14(12-22-16)18(21)20-11-13-5-1-4-8-17(13)23-15-6-2-3-7-15/h1,4-5,8-9,12,15H,2-3,6-7,10-11,19H2,(H,20,21). The van der Waals surface area contributed by atoms with Gasteiger partial charge in [0.1, 0.15) is 17.8 Å². The van der Waals surface area contributed by atoms with Gasteiger partial charge < -0.3 is 20.2 Å². The Morgan fingerprint density at radius 2 is 2.09 bits per heavy atom. The quantitative estimate of drug-likeness (QED) is 0.859. The largest absolute Gasteiger partial charge is 0.490 e. The fraction of sp³-hybridized carbons (Fsp3) is 0.389. The maximum absolute atomic E-state index is 12.2. The molecule has 0 unspecified atom stereocenters. The monoisotopic (exact) mass is 314 g/mol. The van der Waals surface area contributed by atoms with Crippen LogP contribution in [0, 0.1) is 0 Å². The number of nitrogens with one attached hydrogen (secondary N) is 1. The van der Waals surface area contributed by atoms with Crippen molar-refractivity contribution >= 4 is 5.91 Å². The molecule has 0 radical (unpaired) electrons. The third kappa shape index (κ3) is 3.93. The molecule has 0 bridgehead atoms. The molecule has 1 aromatic heterocycles. The van der Waals surface area contributed by atoms with E-state index in [0.29, 0.717) is 24.0 Å². The molecule has 1 saturated carbocycles. The van der Waals surface area contributed by atoms with Gasteiger partial charge in [0.2, 0.25) is 0 Å². The molecule has 3 rings (SSSR count). The van der Waals surface area contributed by atoms with Crippen LogP contribution in [0.1, 0.15) is 47.4 Å². The summed E-state index contributed by atoms with van der Waals surface area (Å²) in [7, 11) is 0. The van der Waals surface area contributed by atoms with Crippen molar-refractivity contribution in [3.8, 4) is 5.75 Å². The van der Waals surface area contributed by atoms with Crippen LogP contribution in [-0.4, -0.2) is 12.0 Å². The van der Waals surface area contributed by atoms with Gasteiger partial charge in [0.05, 0.1) is 18.2 Å². The molecular weight excluding hydrogens is 292 g/mol. The minimum absolute atomic E-state index is 0.177. The Morgan fingerprint density at radius 3 is 2.83 bits per heavy atom. The second-order valence-corrected chi connectivity index (χ2v) is 5.82. The molecule has 23 heavy (non-hydrogen) atoms. The first-order chi connectivity index (χ1) is 11.3. The number of furan rings is 1. The number of benzene rings is 1. The van der Waals surface area contributed by atoms with Gasteiger partial charge >= 0.3 is 0 Å². The topological polar surface area (TPSA) is 77.5 Å². The van der Waals surface area contributed by atoms with E-state index in [9.17, 15) is 4.79 Å². The van der Waals surface area contributed by atoms with Crippen LogP contribution in [0.5, 0.6) is 5.75 Å². The number of nitrogens with two attached hydrogens (primary N) is 1. The van der Waals surface area contributed by atoms with Gasteiger partial charge in [-0.25, -0.2) is 0 Å². The molecule has 1 aliphatic rings. The van der Waals surface area contributed by atoms with E-state index in [0.717, 1.165) is 24.2 Å². The first-order valence-electron chi connectivity index (χ1n) is 8.06. The summed E-state index contributed by atoms with van der Waals surface area (Å²) in [6, 6.07) is 9.51. The van der Waals surface area contributed by atoms with Crippen LogP contribution in [0.25, 0.3) is 0 Å². The minimum Gasteiger partial charge on any atom is -0.490 e.